The van der Waals surface area contributed by atoms with Gasteiger partial charge < -0.3 is 10.8 Å². The van der Waals surface area contributed by atoms with E-state index in [9.17, 15) is 4.79 Å². The number of carboxylic acid groups (broad SMARTS) is 1. The summed E-state index contributed by atoms with van der Waals surface area (Å²) in [4.78, 5) is 10.4. The zero-order valence-corrected chi connectivity index (χ0v) is 11.3. The van der Waals surface area contributed by atoms with Crippen molar-refractivity contribution >= 4 is 12.0 Å². The highest BCUT2D eigenvalue weighted by atomic mass is 16.4. The summed E-state index contributed by atoms with van der Waals surface area (Å²) in [5, 5.41) is 8.58. The van der Waals surface area contributed by atoms with Crippen molar-refractivity contribution in [2.75, 3.05) is 6.54 Å². The average Bonchev–Trinajstić information content (AvgIpc) is 2.40. The summed E-state index contributed by atoms with van der Waals surface area (Å²) in [5.74, 6) is -0.725. The monoisotopic (exact) mass is 261 g/mol. The first kappa shape index (κ1) is 15.4. The molecule has 1 rings (SSSR count). The van der Waals surface area contributed by atoms with Gasteiger partial charge in [0.05, 0.1) is 0 Å². The molecule has 3 nitrogen and oxygen atoms in total. The molecule has 0 amide bonds. The second-order valence-corrected chi connectivity index (χ2v) is 4.68. The van der Waals surface area contributed by atoms with Gasteiger partial charge in [-0.05, 0) is 49.8 Å². The quantitative estimate of drug-likeness (QED) is 0.671. The zero-order valence-electron chi connectivity index (χ0n) is 11.3. The molecule has 0 atom stereocenters. The first-order valence-electron chi connectivity index (χ1n) is 6.89. The number of unbranched alkanes of at least 4 members (excludes halogenated alkanes) is 2. The van der Waals surface area contributed by atoms with Crippen LogP contribution in [0.5, 0.6) is 0 Å². The van der Waals surface area contributed by atoms with E-state index in [1.807, 2.05) is 0 Å². The van der Waals surface area contributed by atoms with Gasteiger partial charge in [-0.1, -0.05) is 36.4 Å². The molecule has 0 aliphatic heterocycles. The minimum Gasteiger partial charge on any atom is -0.481 e. The topological polar surface area (TPSA) is 63.3 Å². The van der Waals surface area contributed by atoms with Crippen LogP contribution in [0.1, 0.15) is 43.2 Å². The molecule has 19 heavy (non-hydrogen) atoms. The molecule has 0 bridgehead atoms. The molecule has 0 aliphatic carbocycles. The zero-order chi connectivity index (χ0) is 13.9. The Morgan fingerprint density at radius 2 is 1.89 bits per heavy atom. The van der Waals surface area contributed by atoms with Crippen molar-refractivity contribution in [3.05, 3.63) is 41.5 Å². The van der Waals surface area contributed by atoms with Crippen LogP contribution in [0.2, 0.25) is 0 Å². The molecule has 0 saturated carbocycles. The van der Waals surface area contributed by atoms with Crippen LogP contribution in [-0.2, 0) is 11.2 Å². The first-order valence-corrected chi connectivity index (χ1v) is 6.89. The number of rotatable bonds is 9. The molecule has 0 fully saturated rings. The minimum atomic E-state index is -0.725. The summed E-state index contributed by atoms with van der Waals surface area (Å²) < 4.78 is 0. The van der Waals surface area contributed by atoms with Gasteiger partial charge in [-0.15, -0.1) is 0 Å². The van der Waals surface area contributed by atoms with Crippen LogP contribution in [0.3, 0.4) is 0 Å². The molecule has 0 unspecified atom stereocenters. The van der Waals surface area contributed by atoms with Crippen molar-refractivity contribution in [2.24, 2.45) is 5.73 Å². The molecule has 1 aromatic carbocycles. The van der Waals surface area contributed by atoms with Crippen molar-refractivity contribution in [2.45, 2.75) is 38.5 Å². The molecular weight excluding hydrogens is 238 g/mol. The van der Waals surface area contributed by atoms with E-state index in [2.05, 4.69) is 36.4 Å². The van der Waals surface area contributed by atoms with E-state index < -0.39 is 5.97 Å². The number of aliphatic carboxylic acids is 1. The Balaban J connectivity index is 2.32. The van der Waals surface area contributed by atoms with Crippen molar-refractivity contribution in [1.82, 2.24) is 0 Å². The molecule has 0 spiro atoms. The first-order chi connectivity index (χ1) is 9.22. The van der Waals surface area contributed by atoms with Gasteiger partial charge >= 0.3 is 5.97 Å². The fourth-order valence-corrected chi connectivity index (χ4v) is 1.87. The van der Waals surface area contributed by atoms with Gasteiger partial charge in [-0.25, -0.2) is 0 Å². The SMILES string of the molecule is NCCCCC=Cc1ccc(CCCC(=O)O)cc1. The summed E-state index contributed by atoms with van der Waals surface area (Å²) >= 11 is 0. The standard InChI is InChI=1S/C16H23NO2/c17-13-4-2-1-3-6-14-9-11-15(12-10-14)7-5-8-16(18)19/h3,6,9-12H,1-2,4-5,7-8,13,17H2,(H,18,19). The Kier molecular flexibility index (Phi) is 7.59. The molecule has 0 saturated heterocycles. The Bertz CT molecular complexity index is 396. The lowest BCUT2D eigenvalue weighted by Gasteiger charge is -2.00. The summed E-state index contributed by atoms with van der Waals surface area (Å²) in [6.07, 6.45) is 9.34. The van der Waals surface area contributed by atoms with Crippen molar-refractivity contribution in [3.8, 4) is 0 Å². The number of hydrogen-bond acceptors (Lipinski definition) is 2. The molecule has 3 heteroatoms. The lowest BCUT2D eigenvalue weighted by molar-refractivity contribution is -0.137. The second kappa shape index (κ2) is 9.34. The summed E-state index contributed by atoms with van der Waals surface area (Å²) in [5.41, 5.74) is 7.82. The third-order valence-corrected chi connectivity index (χ3v) is 2.97. The van der Waals surface area contributed by atoms with Crippen molar-refractivity contribution < 1.29 is 9.90 Å². The fourth-order valence-electron chi connectivity index (χ4n) is 1.87. The molecule has 0 radical (unpaired) electrons. The van der Waals surface area contributed by atoms with Gasteiger partial charge in [0.15, 0.2) is 0 Å². The fraction of sp³-hybridized carbons (Fsp3) is 0.438. The highest BCUT2D eigenvalue weighted by molar-refractivity contribution is 5.66. The number of nitrogens with two attached hydrogens (primary N) is 1. The van der Waals surface area contributed by atoms with Crippen LogP contribution in [0.15, 0.2) is 30.3 Å². The summed E-state index contributed by atoms with van der Waals surface area (Å²) in [6.45, 7) is 0.763. The number of hydrogen-bond donors (Lipinski definition) is 2. The van der Waals surface area contributed by atoms with E-state index in [4.69, 9.17) is 10.8 Å². The van der Waals surface area contributed by atoms with E-state index in [1.165, 1.54) is 11.1 Å². The van der Waals surface area contributed by atoms with E-state index in [0.29, 0.717) is 6.42 Å². The molecular formula is C16H23NO2. The smallest absolute Gasteiger partial charge is 0.303 e. The number of benzene rings is 1. The molecule has 1 aromatic rings. The van der Waals surface area contributed by atoms with Crippen LogP contribution < -0.4 is 5.73 Å². The number of carboxylic acids is 1. The van der Waals surface area contributed by atoms with Gasteiger partial charge in [-0.3, -0.25) is 4.79 Å². The Labute approximate surface area is 115 Å². The third kappa shape index (κ3) is 7.42. The summed E-state index contributed by atoms with van der Waals surface area (Å²) in [6, 6.07) is 8.30. The predicted molar refractivity (Wildman–Crippen MR) is 79.0 cm³/mol. The van der Waals surface area contributed by atoms with Crippen LogP contribution in [0, 0.1) is 0 Å². The van der Waals surface area contributed by atoms with Crippen molar-refractivity contribution in [3.63, 3.8) is 0 Å². The highest BCUT2D eigenvalue weighted by Crippen LogP contribution is 2.10. The molecule has 3 N–H and O–H groups in total. The normalized spacial score (nSPS) is 11.0. The van der Waals surface area contributed by atoms with Crippen LogP contribution >= 0.6 is 0 Å². The third-order valence-electron chi connectivity index (χ3n) is 2.97. The second-order valence-electron chi connectivity index (χ2n) is 4.68. The van der Waals surface area contributed by atoms with Gasteiger partial charge in [0.2, 0.25) is 0 Å². The average molecular weight is 261 g/mol. The minimum absolute atomic E-state index is 0.239. The molecule has 0 aliphatic rings. The molecule has 0 heterocycles. The number of allylic oxidation sites excluding steroid dienone is 1. The van der Waals surface area contributed by atoms with Crippen LogP contribution in [0.25, 0.3) is 6.08 Å². The highest BCUT2D eigenvalue weighted by Gasteiger charge is 1.98. The van der Waals surface area contributed by atoms with Crippen LogP contribution in [-0.4, -0.2) is 17.6 Å². The maximum atomic E-state index is 10.4. The van der Waals surface area contributed by atoms with Gasteiger partial charge in [-0.2, -0.15) is 0 Å². The Morgan fingerprint density at radius 3 is 2.53 bits per heavy atom. The Hall–Kier alpha value is -1.61. The summed E-state index contributed by atoms with van der Waals surface area (Å²) in [7, 11) is 0. The van der Waals surface area contributed by atoms with Gasteiger partial charge in [0, 0.05) is 6.42 Å². The Morgan fingerprint density at radius 1 is 1.16 bits per heavy atom. The predicted octanol–water partition coefficient (Wildman–Crippen LogP) is 3.24. The van der Waals surface area contributed by atoms with E-state index in [-0.39, 0.29) is 6.42 Å². The van der Waals surface area contributed by atoms with E-state index >= 15 is 0 Å². The number of aryl methyl sites for hydroxylation is 1. The lowest BCUT2D eigenvalue weighted by Crippen LogP contribution is -1.96. The van der Waals surface area contributed by atoms with E-state index in [1.54, 1.807) is 0 Å². The van der Waals surface area contributed by atoms with Crippen molar-refractivity contribution in [1.29, 1.82) is 0 Å². The molecule has 0 aromatic heterocycles. The lowest BCUT2D eigenvalue weighted by atomic mass is 10.1. The molecule has 104 valence electrons. The number of carbonyl (C=O) groups is 1. The van der Waals surface area contributed by atoms with Crippen LogP contribution in [0.4, 0.5) is 0 Å². The maximum Gasteiger partial charge on any atom is 0.303 e. The van der Waals surface area contributed by atoms with Gasteiger partial charge in [0.1, 0.15) is 0 Å². The van der Waals surface area contributed by atoms with E-state index in [0.717, 1.165) is 32.2 Å². The maximum absolute atomic E-state index is 10.4. The van der Waals surface area contributed by atoms with Gasteiger partial charge in [0.25, 0.3) is 0 Å². The largest absolute Gasteiger partial charge is 0.481 e.